The van der Waals surface area contributed by atoms with E-state index >= 15 is 0 Å². The average Bonchev–Trinajstić information content (AvgIpc) is 2.39. The van der Waals surface area contributed by atoms with Crippen molar-refractivity contribution in [2.24, 2.45) is 0 Å². The first-order chi connectivity index (χ1) is 8.20. The second kappa shape index (κ2) is 5.07. The van der Waals surface area contributed by atoms with Gasteiger partial charge in [0.15, 0.2) is 0 Å². The second-order valence-corrected chi connectivity index (χ2v) is 3.75. The SMILES string of the molecule is O=[N+]([O-])c1ccnc(N2CCOC(CO)C2)c1. The molecule has 0 saturated carbocycles. The van der Waals surface area contributed by atoms with Crippen LogP contribution in [0.5, 0.6) is 0 Å². The zero-order chi connectivity index (χ0) is 12.3. The highest BCUT2D eigenvalue weighted by Gasteiger charge is 2.21. The number of ether oxygens (including phenoxy) is 1. The molecule has 1 aromatic rings. The van der Waals surface area contributed by atoms with Crippen LogP contribution in [-0.4, -0.2) is 47.4 Å². The normalized spacial score (nSPS) is 20.3. The van der Waals surface area contributed by atoms with E-state index in [9.17, 15) is 10.1 Å². The molecule has 2 heterocycles. The molecular weight excluding hydrogens is 226 g/mol. The molecule has 2 rings (SSSR count). The molecule has 0 bridgehead atoms. The predicted octanol–water partition coefficient (Wildman–Crippen LogP) is 0.187. The first-order valence-electron chi connectivity index (χ1n) is 5.28. The molecule has 0 radical (unpaired) electrons. The van der Waals surface area contributed by atoms with Gasteiger partial charge in [0.1, 0.15) is 5.82 Å². The van der Waals surface area contributed by atoms with Crippen LogP contribution in [-0.2, 0) is 4.74 Å². The highest BCUT2D eigenvalue weighted by Crippen LogP contribution is 2.20. The Balaban J connectivity index is 2.16. The third kappa shape index (κ3) is 2.69. The van der Waals surface area contributed by atoms with Crippen molar-refractivity contribution in [3.63, 3.8) is 0 Å². The van der Waals surface area contributed by atoms with Crippen LogP contribution in [0.4, 0.5) is 11.5 Å². The molecule has 17 heavy (non-hydrogen) atoms. The van der Waals surface area contributed by atoms with Gasteiger partial charge in [0.25, 0.3) is 5.69 Å². The van der Waals surface area contributed by atoms with E-state index in [1.807, 2.05) is 4.90 Å². The van der Waals surface area contributed by atoms with Crippen molar-refractivity contribution in [3.8, 4) is 0 Å². The van der Waals surface area contributed by atoms with Crippen molar-refractivity contribution in [1.29, 1.82) is 0 Å². The fourth-order valence-electron chi connectivity index (χ4n) is 1.73. The van der Waals surface area contributed by atoms with Gasteiger partial charge in [-0.3, -0.25) is 10.1 Å². The first-order valence-corrected chi connectivity index (χ1v) is 5.28. The van der Waals surface area contributed by atoms with Gasteiger partial charge in [0.05, 0.1) is 30.3 Å². The Hall–Kier alpha value is -1.73. The molecule has 0 amide bonds. The Labute approximate surface area is 97.8 Å². The van der Waals surface area contributed by atoms with Gasteiger partial charge in [-0.15, -0.1) is 0 Å². The van der Waals surface area contributed by atoms with Crippen molar-refractivity contribution < 1.29 is 14.8 Å². The van der Waals surface area contributed by atoms with E-state index in [-0.39, 0.29) is 18.4 Å². The fourth-order valence-corrected chi connectivity index (χ4v) is 1.73. The van der Waals surface area contributed by atoms with E-state index in [0.717, 1.165) is 0 Å². The van der Waals surface area contributed by atoms with Crippen LogP contribution in [0, 0.1) is 10.1 Å². The molecule has 0 aliphatic carbocycles. The molecule has 0 spiro atoms. The van der Waals surface area contributed by atoms with E-state index in [1.54, 1.807) is 0 Å². The summed E-state index contributed by atoms with van der Waals surface area (Å²) in [5, 5.41) is 19.7. The smallest absolute Gasteiger partial charge is 0.274 e. The summed E-state index contributed by atoms with van der Waals surface area (Å²) in [7, 11) is 0. The number of rotatable bonds is 3. The standard InChI is InChI=1S/C10H13N3O4/c14-7-9-6-12(3-4-17-9)10-5-8(13(15)16)1-2-11-10/h1-2,5,9,14H,3-4,6-7H2. The van der Waals surface area contributed by atoms with Crippen LogP contribution in [0.25, 0.3) is 0 Å². The van der Waals surface area contributed by atoms with Gasteiger partial charge in [0.2, 0.25) is 0 Å². The van der Waals surface area contributed by atoms with Crippen molar-refractivity contribution >= 4 is 11.5 Å². The summed E-state index contributed by atoms with van der Waals surface area (Å²) in [6, 6.07) is 2.78. The molecule has 1 aliphatic heterocycles. The number of hydrogen-bond acceptors (Lipinski definition) is 6. The molecule has 7 heteroatoms. The monoisotopic (exact) mass is 239 g/mol. The Morgan fingerprint density at radius 2 is 2.53 bits per heavy atom. The third-order valence-electron chi connectivity index (χ3n) is 2.61. The molecule has 1 saturated heterocycles. The molecule has 1 unspecified atom stereocenters. The maximum absolute atomic E-state index is 10.7. The summed E-state index contributed by atoms with van der Waals surface area (Å²) in [5.41, 5.74) is 0.0158. The van der Waals surface area contributed by atoms with Gasteiger partial charge in [-0.05, 0) is 0 Å². The number of anilines is 1. The molecule has 7 nitrogen and oxygen atoms in total. The van der Waals surface area contributed by atoms with Crippen LogP contribution >= 0.6 is 0 Å². The molecule has 0 aromatic carbocycles. The van der Waals surface area contributed by atoms with Crippen molar-refractivity contribution in [3.05, 3.63) is 28.4 Å². The number of hydrogen-bond donors (Lipinski definition) is 1. The lowest BCUT2D eigenvalue weighted by atomic mass is 10.2. The minimum Gasteiger partial charge on any atom is -0.394 e. The quantitative estimate of drug-likeness (QED) is 0.598. The topological polar surface area (TPSA) is 88.7 Å². The van der Waals surface area contributed by atoms with Crippen molar-refractivity contribution in [2.45, 2.75) is 6.10 Å². The van der Waals surface area contributed by atoms with Crippen molar-refractivity contribution in [2.75, 3.05) is 31.2 Å². The van der Waals surface area contributed by atoms with Gasteiger partial charge < -0.3 is 14.7 Å². The Morgan fingerprint density at radius 1 is 1.71 bits per heavy atom. The average molecular weight is 239 g/mol. The predicted molar refractivity (Wildman–Crippen MR) is 59.9 cm³/mol. The number of aliphatic hydroxyl groups excluding tert-OH is 1. The molecule has 92 valence electrons. The summed E-state index contributed by atoms with van der Waals surface area (Å²) >= 11 is 0. The van der Waals surface area contributed by atoms with Gasteiger partial charge in [-0.2, -0.15) is 0 Å². The molecule has 1 atom stereocenters. The van der Waals surface area contributed by atoms with Gasteiger partial charge in [0, 0.05) is 25.4 Å². The summed E-state index contributed by atoms with van der Waals surface area (Å²) in [4.78, 5) is 16.2. The number of aromatic nitrogens is 1. The van der Waals surface area contributed by atoms with Crippen LogP contribution in [0.2, 0.25) is 0 Å². The maximum Gasteiger partial charge on any atom is 0.274 e. The van der Waals surface area contributed by atoms with Crippen molar-refractivity contribution in [1.82, 2.24) is 4.98 Å². The van der Waals surface area contributed by atoms with Crippen LogP contribution in [0.1, 0.15) is 0 Å². The Kier molecular flexibility index (Phi) is 3.50. The lowest BCUT2D eigenvalue weighted by molar-refractivity contribution is -0.384. The zero-order valence-corrected chi connectivity index (χ0v) is 9.15. The highest BCUT2D eigenvalue weighted by molar-refractivity contribution is 5.47. The number of morpholine rings is 1. The van der Waals surface area contributed by atoms with E-state index in [0.29, 0.717) is 25.5 Å². The van der Waals surface area contributed by atoms with Gasteiger partial charge >= 0.3 is 0 Å². The van der Waals surface area contributed by atoms with E-state index in [2.05, 4.69) is 4.98 Å². The van der Waals surface area contributed by atoms with E-state index < -0.39 is 4.92 Å². The number of nitro groups is 1. The summed E-state index contributed by atoms with van der Waals surface area (Å²) in [6.45, 7) is 1.52. The summed E-state index contributed by atoms with van der Waals surface area (Å²) in [6.07, 6.45) is 1.15. The molecule has 1 N–H and O–H groups in total. The zero-order valence-electron chi connectivity index (χ0n) is 9.15. The van der Waals surface area contributed by atoms with E-state index in [1.165, 1.54) is 18.3 Å². The fraction of sp³-hybridized carbons (Fsp3) is 0.500. The number of pyridine rings is 1. The van der Waals surface area contributed by atoms with Gasteiger partial charge in [-0.1, -0.05) is 0 Å². The van der Waals surface area contributed by atoms with E-state index in [4.69, 9.17) is 9.84 Å². The molecule has 1 aliphatic rings. The summed E-state index contributed by atoms with van der Waals surface area (Å²) in [5.74, 6) is 0.543. The van der Waals surface area contributed by atoms with Gasteiger partial charge in [-0.25, -0.2) is 4.98 Å². The van der Waals surface area contributed by atoms with Crippen LogP contribution < -0.4 is 4.90 Å². The largest absolute Gasteiger partial charge is 0.394 e. The summed E-state index contributed by atoms with van der Waals surface area (Å²) < 4.78 is 5.30. The second-order valence-electron chi connectivity index (χ2n) is 3.75. The van der Waals surface area contributed by atoms with Crippen LogP contribution in [0.15, 0.2) is 18.3 Å². The lowest BCUT2D eigenvalue weighted by Crippen LogP contribution is -2.44. The molecule has 1 fully saturated rings. The Morgan fingerprint density at radius 3 is 3.24 bits per heavy atom. The number of nitrogens with zero attached hydrogens (tertiary/aromatic N) is 3. The third-order valence-corrected chi connectivity index (χ3v) is 2.61. The van der Waals surface area contributed by atoms with Crippen LogP contribution in [0.3, 0.4) is 0 Å². The lowest BCUT2D eigenvalue weighted by Gasteiger charge is -2.32. The molecular formula is C10H13N3O4. The first kappa shape index (κ1) is 11.7. The number of aliphatic hydroxyl groups is 1. The minimum absolute atomic E-state index is 0.0158. The minimum atomic E-state index is -0.449. The molecule has 1 aromatic heterocycles. The maximum atomic E-state index is 10.7. The Bertz CT molecular complexity index is 412. The highest BCUT2D eigenvalue weighted by atomic mass is 16.6.